The average molecular weight is 198 g/mol. The van der Waals surface area contributed by atoms with Crippen molar-refractivity contribution in [2.24, 2.45) is 5.73 Å². The summed E-state index contributed by atoms with van der Waals surface area (Å²) in [6.07, 6.45) is 1.05. The zero-order valence-corrected chi connectivity index (χ0v) is 9.40. The molecule has 13 heavy (non-hydrogen) atoms. The van der Waals surface area contributed by atoms with Gasteiger partial charge in [-0.05, 0) is 43.8 Å². The lowest BCUT2D eigenvalue weighted by Crippen LogP contribution is -2.30. The number of anilines is 1. The van der Waals surface area contributed by atoms with Crippen LogP contribution in [-0.2, 0) is 0 Å². The van der Waals surface area contributed by atoms with Crippen LogP contribution in [0.2, 0.25) is 0 Å². The predicted octanol–water partition coefficient (Wildman–Crippen LogP) is 2.23. The molecule has 0 aliphatic heterocycles. The van der Waals surface area contributed by atoms with Crippen LogP contribution >= 0.6 is 11.3 Å². The first kappa shape index (κ1) is 10.5. The molecule has 1 aromatic rings. The van der Waals surface area contributed by atoms with Crippen molar-refractivity contribution in [3.05, 3.63) is 17.0 Å². The third-order valence-electron chi connectivity index (χ3n) is 2.40. The van der Waals surface area contributed by atoms with Crippen molar-refractivity contribution in [1.29, 1.82) is 0 Å². The molecule has 1 unspecified atom stereocenters. The Morgan fingerprint density at radius 3 is 2.77 bits per heavy atom. The van der Waals surface area contributed by atoms with Gasteiger partial charge in [0.05, 0.1) is 5.00 Å². The molecule has 0 bridgehead atoms. The third-order valence-corrected chi connectivity index (χ3v) is 3.51. The van der Waals surface area contributed by atoms with E-state index in [9.17, 15) is 0 Å². The molecule has 0 radical (unpaired) electrons. The monoisotopic (exact) mass is 198 g/mol. The zero-order chi connectivity index (χ0) is 9.84. The van der Waals surface area contributed by atoms with Gasteiger partial charge in [-0.2, -0.15) is 0 Å². The molecular weight excluding hydrogens is 180 g/mol. The Kier molecular flexibility index (Phi) is 3.75. The lowest BCUT2D eigenvalue weighted by molar-refractivity contribution is 0.637. The predicted molar refractivity (Wildman–Crippen MR) is 60.6 cm³/mol. The number of nitrogens with zero attached hydrogens (tertiary/aromatic N) is 1. The summed E-state index contributed by atoms with van der Waals surface area (Å²) in [4.78, 5) is 2.31. The molecule has 0 saturated heterocycles. The summed E-state index contributed by atoms with van der Waals surface area (Å²) in [6.45, 7) is 5.12. The molecule has 0 aliphatic rings. The van der Waals surface area contributed by atoms with Crippen molar-refractivity contribution in [2.45, 2.75) is 26.3 Å². The van der Waals surface area contributed by atoms with Crippen LogP contribution in [0.3, 0.4) is 0 Å². The molecule has 0 spiro atoms. The van der Waals surface area contributed by atoms with Crippen LogP contribution in [0, 0.1) is 6.92 Å². The molecule has 0 saturated carbocycles. The van der Waals surface area contributed by atoms with Crippen LogP contribution in [0.15, 0.2) is 11.4 Å². The normalized spacial score (nSPS) is 12.9. The fourth-order valence-corrected chi connectivity index (χ4v) is 2.36. The van der Waals surface area contributed by atoms with Crippen LogP contribution in [0.4, 0.5) is 5.00 Å². The molecule has 74 valence electrons. The van der Waals surface area contributed by atoms with Gasteiger partial charge < -0.3 is 10.6 Å². The van der Waals surface area contributed by atoms with E-state index < -0.39 is 0 Å². The molecule has 3 heteroatoms. The number of rotatable bonds is 4. The molecule has 0 fully saturated rings. The molecular formula is C10H18N2S. The Morgan fingerprint density at radius 2 is 2.31 bits per heavy atom. The summed E-state index contributed by atoms with van der Waals surface area (Å²) in [5.41, 5.74) is 6.89. The smallest absolute Gasteiger partial charge is 0.0938 e. The second-order valence-electron chi connectivity index (χ2n) is 3.45. The Labute approximate surface area is 84.4 Å². The highest BCUT2D eigenvalue weighted by Gasteiger charge is 2.11. The Balaban J connectivity index is 2.67. The van der Waals surface area contributed by atoms with Gasteiger partial charge in [-0.1, -0.05) is 0 Å². The van der Waals surface area contributed by atoms with Gasteiger partial charge in [0.15, 0.2) is 0 Å². The molecule has 0 aliphatic carbocycles. The highest BCUT2D eigenvalue weighted by Crippen LogP contribution is 2.27. The molecule has 2 nitrogen and oxygen atoms in total. The molecule has 2 N–H and O–H groups in total. The number of thiophene rings is 1. The van der Waals surface area contributed by atoms with Gasteiger partial charge >= 0.3 is 0 Å². The molecule has 1 heterocycles. The second kappa shape index (κ2) is 4.63. The van der Waals surface area contributed by atoms with E-state index in [1.807, 2.05) is 0 Å². The largest absolute Gasteiger partial charge is 0.364 e. The maximum atomic E-state index is 5.54. The number of hydrogen-bond acceptors (Lipinski definition) is 3. The maximum absolute atomic E-state index is 5.54. The summed E-state index contributed by atoms with van der Waals surface area (Å²) in [7, 11) is 2.14. The zero-order valence-electron chi connectivity index (χ0n) is 8.58. The van der Waals surface area contributed by atoms with E-state index in [1.54, 1.807) is 11.3 Å². The Morgan fingerprint density at radius 1 is 1.62 bits per heavy atom. The van der Waals surface area contributed by atoms with E-state index in [0.29, 0.717) is 6.04 Å². The van der Waals surface area contributed by atoms with Gasteiger partial charge in [-0.3, -0.25) is 0 Å². The van der Waals surface area contributed by atoms with Gasteiger partial charge in [-0.15, -0.1) is 11.3 Å². The maximum Gasteiger partial charge on any atom is 0.0938 e. The first-order valence-electron chi connectivity index (χ1n) is 4.63. The first-order chi connectivity index (χ1) is 6.16. The van der Waals surface area contributed by atoms with E-state index in [1.165, 1.54) is 10.6 Å². The van der Waals surface area contributed by atoms with Gasteiger partial charge in [0, 0.05) is 13.1 Å². The van der Waals surface area contributed by atoms with E-state index >= 15 is 0 Å². The number of aryl methyl sites for hydroxylation is 1. The SMILES string of the molecule is Cc1ccsc1N(C)C(C)CCN. The quantitative estimate of drug-likeness (QED) is 0.804. The summed E-state index contributed by atoms with van der Waals surface area (Å²) in [5.74, 6) is 0. The third kappa shape index (κ3) is 2.45. The highest BCUT2D eigenvalue weighted by atomic mass is 32.1. The van der Waals surface area contributed by atoms with E-state index in [0.717, 1.165) is 13.0 Å². The van der Waals surface area contributed by atoms with Crippen molar-refractivity contribution in [1.82, 2.24) is 0 Å². The lowest BCUT2D eigenvalue weighted by atomic mass is 10.2. The van der Waals surface area contributed by atoms with Crippen LogP contribution < -0.4 is 10.6 Å². The van der Waals surface area contributed by atoms with Crippen molar-refractivity contribution in [2.75, 3.05) is 18.5 Å². The van der Waals surface area contributed by atoms with Crippen LogP contribution in [-0.4, -0.2) is 19.6 Å². The molecule has 1 rings (SSSR count). The van der Waals surface area contributed by atoms with Gasteiger partial charge in [0.2, 0.25) is 0 Å². The number of hydrogen-bond donors (Lipinski definition) is 1. The van der Waals surface area contributed by atoms with Crippen molar-refractivity contribution in [3.8, 4) is 0 Å². The lowest BCUT2D eigenvalue weighted by Gasteiger charge is -2.25. The first-order valence-corrected chi connectivity index (χ1v) is 5.51. The minimum Gasteiger partial charge on any atom is -0.364 e. The molecule has 1 atom stereocenters. The van der Waals surface area contributed by atoms with Crippen molar-refractivity contribution >= 4 is 16.3 Å². The minimum atomic E-state index is 0.530. The Hall–Kier alpha value is -0.540. The van der Waals surface area contributed by atoms with Crippen LogP contribution in [0.1, 0.15) is 18.9 Å². The van der Waals surface area contributed by atoms with Crippen molar-refractivity contribution < 1.29 is 0 Å². The summed E-state index contributed by atoms with van der Waals surface area (Å²) in [5, 5.41) is 3.50. The minimum absolute atomic E-state index is 0.530. The summed E-state index contributed by atoms with van der Waals surface area (Å²) < 4.78 is 0. The van der Waals surface area contributed by atoms with Gasteiger partial charge in [-0.25, -0.2) is 0 Å². The molecule has 0 aromatic carbocycles. The second-order valence-corrected chi connectivity index (χ2v) is 4.34. The van der Waals surface area contributed by atoms with E-state index in [2.05, 4.69) is 37.2 Å². The summed E-state index contributed by atoms with van der Waals surface area (Å²) in [6, 6.07) is 2.69. The standard InChI is InChI=1S/C10H18N2S/c1-8-5-7-13-10(8)12(3)9(2)4-6-11/h5,7,9H,4,6,11H2,1-3H3. The van der Waals surface area contributed by atoms with Crippen LogP contribution in [0.5, 0.6) is 0 Å². The topological polar surface area (TPSA) is 29.3 Å². The van der Waals surface area contributed by atoms with Gasteiger partial charge in [0.1, 0.15) is 0 Å². The van der Waals surface area contributed by atoms with Crippen molar-refractivity contribution in [3.63, 3.8) is 0 Å². The highest BCUT2D eigenvalue weighted by molar-refractivity contribution is 7.14. The Bertz CT molecular complexity index is 257. The number of nitrogens with two attached hydrogens (primary N) is 1. The molecule has 1 aromatic heterocycles. The van der Waals surface area contributed by atoms with E-state index in [4.69, 9.17) is 5.73 Å². The fourth-order valence-electron chi connectivity index (χ4n) is 1.36. The van der Waals surface area contributed by atoms with Crippen LogP contribution in [0.25, 0.3) is 0 Å². The average Bonchev–Trinajstić information content (AvgIpc) is 2.50. The fraction of sp³-hybridized carbons (Fsp3) is 0.600. The molecule has 0 amide bonds. The summed E-state index contributed by atoms with van der Waals surface area (Å²) >= 11 is 1.80. The van der Waals surface area contributed by atoms with Gasteiger partial charge in [0.25, 0.3) is 0 Å². The van der Waals surface area contributed by atoms with E-state index in [-0.39, 0.29) is 0 Å².